The number of rotatable bonds is 3. The summed E-state index contributed by atoms with van der Waals surface area (Å²) >= 11 is 0. The number of methoxy groups -OCH3 is 1. The number of hydrogen-bond acceptors (Lipinski definition) is 3. The van der Waals surface area contributed by atoms with E-state index >= 15 is 0 Å². The highest BCUT2D eigenvalue weighted by Gasteiger charge is 2.48. The zero-order valence-corrected chi connectivity index (χ0v) is 9.44. The van der Waals surface area contributed by atoms with Gasteiger partial charge >= 0.3 is 12.1 Å². The molecule has 0 rings (SSSR count). The fourth-order valence-electron chi connectivity index (χ4n) is 0.709. The molecular formula is C7H13F3O3Si. The third kappa shape index (κ3) is 4.61. The van der Waals surface area contributed by atoms with Crippen molar-refractivity contribution in [1.82, 2.24) is 0 Å². The van der Waals surface area contributed by atoms with Crippen LogP contribution in [0.15, 0.2) is 0 Å². The number of halogens is 3. The van der Waals surface area contributed by atoms with Gasteiger partial charge in [0.25, 0.3) is 0 Å². The van der Waals surface area contributed by atoms with Crippen molar-refractivity contribution >= 4 is 14.3 Å². The molecular weight excluding hydrogens is 217 g/mol. The van der Waals surface area contributed by atoms with Crippen LogP contribution < -0.4 is 0 Å². The highest BCUT2D eigenvalue weighted by molar-refractivity contribution is 6.69. The quantitative estimate of drug-likeness (QED) is 0.549. The van der Waals surface area contributed by atoms with Gasteiger partial charge in [0.05, 0.1) is 7.11 Å². The summed E-state index contributed by atoms with van der Waals surface area (Å²) in [7, 11) is -1.53. The Morgan fingerprint density at radius 3 is 1.93 bits per heavy atom. The molecule has 84 valence electrons. The molecule has 0 aromatic carbocycles. The van der Waals surface area contributed by atoms with E-state index in [-0.39, 0.29) is 0 Å². The summed E-state index contributed by atoms with van der Waals surface area (Å²) in [4.78, 5) is 10.8. The fraction of sp³-hybridized carbons (Fsp3) is 0.857. The molecule has 0 fully saturated rings. The first-order chi connectivity index (χ1) is 6.08. The van der Waals surface area contributed by atoms with Crippen molar-refractivity contribution in [1.29, 1.82) is 0 Å². The van der Waals surface area contributed by atoms with Crippen LogP contribution in [0.3, 0.4) is 0 Å². The van der Waals surface area contributed by atoms with Crippen LogP contribution in [0.5, 0.6) is 0 Å². The van der Waals surface area contributed by atoms with E-state index in [0.29, 0.717) is 0 Å². The molecule has 3 nitrogen and oxygen atoms in total. The van der Waals surface area contributed by atoms with E-state index in [1.54, 1.807) is 19.6 Å². The molecule has 0 radical (unpaired) electrons. The predicted octanol–water partition coefficient (Wildman–Crippen LogP) is 1.94. The van der Waals surface area contributed by atoms with Gasteiger partial charge in [0, 0.05) is 0 Å². The molecule has 0 N–H and O–H groups in total. The van der Waals surface area contributed by atoms with Gasteiger partial charge in [-0.1, -0.05) is 0 Å². The van der Waals surface area contributed by atoms with Crippen molar-refractivity contribution < 1.29 is 27.1 Å². The molecule has 0 heterocycles. The second-order valence-electron chi connectivity index (χ2n) is 3.68. The summed E-state index contributed by atoms with van der Waals surface area (Å²) in [6.07, 6.45) is -7.17. The minimum Gasteiger partial charge on any atom is -0.467 e. The molecule has 0 aromatic heterocycles. The first-order valence-electron chi connectivity index (χ1n) is 3.90. The minimum absolute atomic E-state index is 0.897. The Morgan fingerprint density at radius 2 is 1.71 bits per heavy atom. The van der Waals surface area contributed by atoms with Crippen LogP contribution in [-0.2, 0) is 14.0 Å². The Balaban J connectivity index is 4.67. The Morgan fingerprint density at radius 1 is 1.29 bits per heavy atom. The average molecular weight is 230 g/mol. The standard InChI is InChI=1S/C7H13F3O3Si/c1-12-6(11)5(7(8,9)10)13-14(2,3)4/h5H,1-4H3. The van der Waals surface area contributed by atoms with Gasteiger partial charge in [-0.2, -0.15) is 13.2 Å². The van der Waals surface area contributed by atoms with E-state index in [4.69, 9.17) is 4.43 Å². The molecule has 0 saturated carbocycles. The van der Waals surface area contributed by atoms with Gasteiger partial charge in [0.15, 0.2) is 8.32 Å². The van der Waals surface area contributed by atoms with Crippen molar-refractivity contribution in [2.24, 2.45) is 0 Å². The molecule has 0 aromatic rings. The molecule has 0 aliphatic rings. The van der Waals surface area contributed by atoms with E-state index in [2.05, 4.69) is 4.74 Å². The molecule has 0 spiro atoms. The second kappa shape index (κ2) is 4.31. The van der Waals surface area contributed by atoms with Crippen LogP contribution in [0.2, 0.25) is 19.6 Å². The third-order valence-electron chi connectivity index (χ3n) is 1.18. The van der Waals surface area contributed by atoms with Crippen molar-refractivity contribution in [2.75, 3.05) is 7.11 Å². The van der Waals surface area contributed by atoms with Gasteiger partial charge in [0.2, 0.25) is 6.10 Å². The van der Waals surface area contributed by atoms with Crippen LogP contribution in [-0.4, -0.2) is 33.7 Å². The lowest BCUT2D eigenvalue weighted by Gasteiger charge is -2.25. The smallest absolute Gasteiger partial charge is 0.424 e. The van der Waals surface area contributed by atoms with Crippen LogP contribution >= 0.6 is 0 Å². The summed E-state index contributed by atoms with van der Waals surface area (Å²) in [6.45, 7) is 4.69. The van der Waals surface area contributed by atoms with Gasteiger partial charge in [0.1, 0.15) is 0 Å². The maximum Gasteiger partial charge on any atom is 0.424 e. The number of carbonyl (C=O) groups excluding carboxylic acids is 1. The Kier molecular flexibility index (Phi) is 4.13. The van der Waals surface area contributed by atoms with Gasteiger partial charge < -0.3 is 9.16 Å². The molecule has 1 unspecified atom stereocenters. The van der Waals surface area contributed by atoms with Crippen LogP contribution in [0.4, 0.5) is 13.2 Å². The molecule has 0 bridgehead atoms. The van der Waals surface area contributed by atoms with Gasteiger partial charge in [-0.15, -0.1) is 0 Å². The lowest BCUT2D eigenvalue weighted by Crippen LogP contribution is -2.46. The first kappa shape index (κ1) is 13.4. The maximum atomic E-state index is 12.3. The number of esters is 1. The van der Waals surface area contributed by atoms with Crippen LogP contribution in [0.1, 0.15) is 0 Å². The van der Waals surface area contributed by atoms with E-state index in [1.165, 1.54) is 0 Å². The molecule has 14 heavy (non-hydrogen) atoms. The summed E-state index contributed by atoms with van der Waals surface area (Å²) in [5.41, 5.74) is 0. The zero-order chi connectivity index (χ0) is 11.6. The molecule has 0 amide bonds. The Labute approximate surface area is 81.3 Å². The Hall–Kier alpha value is -0.563. The van der Waals surface area contributed by atoms with E-state index in [0.717, 1.165) is 7.11 Å². The molecule has 0 aliphatic carbocycles. The van der Waals surface area contributed by atoms with Gasteiger partial charge in [-0.3, -0.25) is 0 Å². The minimum atomic E-state index is -4.71. The van der Waals surface area contributed by atoms with Crippen LogP contribution in [0.25, 0.3) is 0 Å². The van der Waals surface area contributed by atoms with Crippen LogP contribution in [0, 0.1) is 0 Å². The summed E-state index contributed by atoms with van der Waals surface area (Å²) in [5, 5.41) is 0. The van der Waals surface area contributed by atoms with E-state index in [9.17, 15) is 18.0 Å². The molecule has 0 aliphatic heterocycles. The normalized spacial score (nSPS) is 15.1. The molecule has 1 atom stereocenters. The summed E-state index contributed by atoms with van der Waals surface area (Å²) in [6, 6.07) is 0. The van der Waals surface area contributed by atoms with Crippen molar-refractivity contribution in [2.45, 2.75) is 31.9 Å². The SMILES string of the molecule is COC(=O)C(O[Si](C)(C)C)C(F)(F)F. The lowest BCUT2D eigenvalue weighted by atomic mass is 10.3. The average Bonchev–Trinajstić information content (AvgIpc) is 1.95. The number of ether oxygens (including phenoxy) is 1. The van der Waals surface area contributed by atoms with Crippen molar-refractivity contribution in [3.63, 3.8) is 0 Å². The summed E-state index contributed by atoms with van der Waals surface area (Å²) in [5.74, 6) is -1.40. The predicted molar refractivity (Wildman–Crippen MR) is 46.3 cm³/mol. The highest BCUT2D eigenvalue weighted by atomic mass is 28.4. The second-order valence-corrected chi connectivity index (χ2v) is 8.14. The fourth-order valence-corrected chi connectivity index (χ4v) is 1.65. The maximum absolute atomic E-state index is 12.3. The van der Waals surface area contributed by atoms with E-state index < -0.39 is 26.6 Å². The first-order valence-corrected chi connectivity index (χ1v) is 7.31. The number of carbonyl (C=O) groups is 1. The topological polar surface area (TPSA) is 35.5 Å². The third-order valence-corrected chi connectivity index (χ3v) is 2.13. The van der Waals surface area contributed by atoms with Crippen molar-refractivity contribution in [3.05, 3.63) is 0 Å². The van der Waals surface area contributed by atoms with Gasteiger partial charge in [-0.05, 0) is 19.6 Å². The number of alkyl halides is 3. The monoisotopic (exact) mass is 230 g/mol. The summed E-state index contributed by atoms with van der Waals surface area (Å²) < 4.78 is 45.6. The van der Waals surface area contributed by atoms with Crippen molar-refractivity contribution in [3.8, 4) is 0 Å². The number of hydrogen-bond donors (Lipinski definition) is 0. The Bertz CT molecular complexity index is 209. The molecule has 0 saturated heterocycles. The zero-order valence-electron chi connectivity index (χ0n) is 8.44. The molecule has 7 heteroatoms. The highest BCUT2D eigenvalue weighted by Crippen LogP contribution is 2.26. The lowest BCUT2D eigenvalue weighted by molar-refractivity contribution is -0.211. The largest absolute Gasteiger partial charge is 0.467 e. The van der Waals surface area contributed by atoms with Gasteiger partial charge in [-0.25, -0.2) is 4.79 Å². The van der Waals surface area contributed by atoms with E-state index in [1.807, 2.05) is 0 Å².